The first-order valence-corrected chi connectivity index (χ1v) is 7.26. The summed E-state index contributed by atoms with van der Waals surface area (Å²) >= 11 is 0. The van der Waals surface area contributed by atoms with Gasteiger partial charge in [-0.2, -0.15) is 4.98 Å². The molecule has 2 N–H and O–H groups in total. The van der Waals surface area contributed by atoms with Gasteiger partial charge in [0, 0.05) is 6.20 Å². The van der Waals surface area contributed by atoms with Gasteiger partial charge in [-0.1, -0.05) is 27.7 Å². The molecule has 0 aromatic carbocycles. The summed E-state index contributed by atoms with van der Waals surface area (Å²) in [4.78, 5) is 15.7. The summed E-state index contributed by atoms with van der Waals surface area (Å²) in [6.45, 7) is 8.85. The second-order valence-electron chi connectivity index (χ2n) is 6.99. The molecule has 0 radical (unpaired) electrons. The zero-order valence-corrected chi connectivity index (χ0v) is 12.8. The van der Waals surface area contributed by atoms with Crippen LogP contribution in [-0.4, -0.2) is 15.7 Å². The van der Waals surface area contributed by atoms with E-state index in [-0.39, 0.29) is 29.3 Å². The van der Waals surface area contributed by atoms with Crippen molar-refractivity contribution in [2.45, 2.75) is 59.3 Å². The number of nitrogens with zero attached hydrogens (tertiary/aromatic N) is 2. The van der Waals surface area contributed by atoms with Crippen molar-refractivity contribution >= 4 is 5.82 Å². The summed E-state index contributed by atoms with van der Waals surface area (Å²) in [6, 6.07) is 1.64. The van der Waals surface area contributed by atoms with Crippen LogP contribution in [0.25, 0.3) is 0 Å². The highest BCUT2D eigenvalue weighted by Crippen LogP contribution is 2.36. The lowest BCUT2D eigenvalue weighted by Crippen LogP contribution is -2.38. The Morgan fingerprint density at radius 3 is 2.75 bits per heavy atom. The summed E-state index contributed by atoms with van der Waals surface area (Å²) < 4.78 is 7.72. The van der Waals surface area contributed by atoms with Crippen molar-refractivity contribution in [3.05, 3.63) is 22.7 Å². The van der Waals surface area contributed by atoms with Crippen LogP contribution in [0.1, 0.15) is 53.2 Å². The van der Waals surface area contributed by atoms with Gasteiger partial charge >= 0.3 is 5.69 Å². The maximum absolute atomic E-state index is 11.9. The SMILES string of the molecule is C[C@H]1CC[C@H](n2ccc(N)nc2=O)O[C@@H]1CC(C)(C)C. The van der Waals surface area contributed by atoms with Crippen molar-refractivity contribution in [1.82, 2.24) is 9.55 Å². The van der Waals surface area contributed by atoms with Gasteiger partial charge < -0.3 is 10.5 Å². The zero-order chi connectivity index (χ0) is 14.9. The van der Waals surface area contributed by atoms with Crippen LogP contribution in [0.2, 0.25) is 0 Å². The van der Waals surface area contributed by atoms with Crippen molar-refractivity contribution in [3.8, 4) is 0 Å². The van der Waals surface area contributed by atoms with Gasteiger partial charge in [-0.05, 0) is 36.7 Å². The van der Waals surface area contributed by atoms with Crippen LogP contribution in [0.5, 0.6) is 0 Å². The summed E-state index contributed by atoms with van der Waals surface area (Å²) in [5.74, 6) is 0.768. The van der Waals surface area contributed by atoms with E-state index in [4.69, 9.17) is 10.5 Å². The fourth-order valence-electron chi connectivity index (χ4n) is 2.70. The van der Waals surface area contributed by atoms with E-state index in [9.17, 15) is 4.79 Å². The molecule has 1 aromatic heterocycles. The van der Waals surface area contributed by atoms with Crippen molar-refractivity contribution in [2.24, 2.45) is 11.3 Å². The number of anilines is 1. The molecule has 0 aliphatic carbocycles. The molecular formula is C15H25N3O2. The Kier molecular flexibility index (Phi) is 4.18. The summed E-state index contributed by atoms with van der Waals surface area (Å²) in [6.07, 6.45) is 4.52. The van der Waals surface area contributed by atoms with Gasteiger partial charge in [-0.25, -0.2) is 4.79 Å². The van der Waals surface area contributed by atoms with E-state index in [0.717, 1.165) is 19.3 Å². The topological polar surface area (TPSA) is 70.1 Å². The molecule has 20 heavy (non-hydrogen) atoms. The third kappa shape index (κ3) is 3.60. The minimum Gasteiger partial charge on any atom is -0.383 e. The molecule has 0 saturated carbocycles. The average Bonchev–Trinajstić information content (AvgIpc) is 2.30. The molecule has 3 atom stereocenters. The van der Waals surface area contributed by atoms with E-state index in [1.54, 1.807) is 16.8 Å². The molecule has 2 rings (SSSR count). The van der Waals surface area contributed by atoms with Crippen LogP contribution >= 0.6 is 0 Å². The van der Waals surface area contributed by atoms with Gasteiger partial charge in [-0.3, -0.25) is 4.57 Å². The zero-order valence-electron chi connectivity index (χ0n) is 12.8. The molecule has 5 heteroatoms. The van der Waals surface area contributed by atoms with Crippen molar-refractivity contribution in [2.75, 3.05) is 5.73 Å². The van der Waals surface area contributed by atoms with Gasteiger partial charge in [0.25, 0.3) is 0 Å². The van der Waals surface area contributed by atoms with Gasteiger partial charge in [0.1, 0.15) is 12.0 Å². The van der Waals surface area contributed by atoms with E-state index in [0.29, 0.717) is 5.92 Å². The lowest BCUT2D eigenvalue weighted by molar-refractivity contribution is -0.128. The van der Waals surface area contributed by atoms with Crippen LogP contribution in [0.4, 0.5) is 5.82 Å². The molecule has 1 aliphatic heterocycles. The van der Waals surface area contributed by atoms with E-state index in [1.807, 2.05) is 0 Å². The normalized spacial score (nSPS) is 27.5. The van der Waals surface area contributed by atoms with Crippen molar-refractivity contribution < 1.29 is 4.74 Å². The van der Waals surface area contributed by atoms with Gasteiger partial charge in [-0.15, -0.1) is 0 Å². The third-order valence-electron chi connectivity index (χ3n) is 3.81. The highest BCUT2D eigenvalue weighted by Gasteiger charge is 2.32. The highest BCUT2D eigenvalue weighted by molar-refractivity contribution is 5.23. The van der Waals surface area contributed by atoms with Crippen LogP contribution in [0.3, 0.4) is 0 Å². The second-order valence-corrected chi connectivity index (χ2v) is 6.99. The standard InChI is InChI=1S/C15H25N3O2/c1-10-5-6-13(20-11(10)9-15(2,3)4)18-8-7-12(16)17-14(18)19/h7-8,10-11,13H,5-6,9H2,1-4H3,(H2,16,17,19)/t10-,11+,13+/m0/s1. The van der Waals surface area contributed by atoms with Crippen LogP contribution < -0.4 is 11.4 Å². The maximum atomic E-state index is 11.9. The first kappa shape index (κ1) is 15.0. The van der Waals surface area contributed by atoms with E-state index >= 15 is 0 Å². The van der Waals surface area contributed by atoms with Gasteiger partial charge in [0.05, 0.1) is 6.10 Å². The van der Waals surface area contributed by atoms with Crippen LogP contribution in [0, 0.1) is 11.3 Å². The highest BCUT2D eigenvalue weighted by atomic mass is 16.5. The molecule has 0 unspecified atom stereocenters. The van der Waals surface area contributed by atoms with Crippen molar-refractivity contribution in [3.63, 3.8) is 0 Å². The molecule has 1 fully saturated rings. The largest absolute Gasteiger partial charge is 0.383 e. The maximum Gasteiger partial charge on any atom is 0.351 e. The molecular weight excluding hydrogens is 254 g/mol. The Hall–Kier alpha value is -1.36. The van der Waals surface area contributed by atoms with Gasteiger partial charge in [0.15, 0.2) is 0 Å². The summed E-state index contributed by atoms with van der Waals surface area (Å²) in [5.41, 5.74) is 5.40. The lowest BCUT2D eigenvalue weighted by atomic mass is 9.82. The molecule has 0 spiro atoms. The quantitative estimate of drug-likeness (QED) is 0.903. The van der Waals surface area contributed by atoms with Crippen LogP contribution in [-0.2, 0) is 4.74 Å². The first-order chi connectivity index (χ1) is 9.26. The number of nitrogen functional groups attached to an aromatic ring is 1. The third-order valence-corrected chi connectivity index (χ3v) is 3.81. The Balaban J connectivity index is 2.16. The minimum absolute atomic E-state index is 0.179. The molecule has 1 aliphatic rings. The predicted molar refractivity (Wildman–Crippen MR) is 79.3 cm³/mol. The fraction of sp³-hybridized carbons (Fsp3) is 0.733. The molecule has 1 saturated heterocycles. The van der Waals surface area contributed by atoms with E-state index in [2.05, 4.69) is 32.7 Å². The molecule has 0 bridgehead atoms. The number of aromatic nitrogens is 2. The number of hydrogen-bond acceptors (Lipinski definition) is 4. The molecule has 0 amide bonds. The van der Waals surface area contributed by atoms with Crippen molar-refractivity contribution in [1.29, 1.82) is 0 Å². The van der Waals surface area contributed by atoms with Gasteiger partial charge in [0.2, 0.25) is 0 Å². The number of rotatable bonds is 2. The molecule has 2 heterocycles. The lowest BCUT2D eigenvalue weighted by Gasteiger charge is -2.38. The molecule has 5 nitrogen and oxygen atoms in total. The number of nitrogens with two attached hydrogens (primary N) is 1. The molecule has 1 aromatic rings. The molecule has 112 valence electrons. The Bertz CT molecular complexity index is 519. The van der Waals surface area contributed by atoms with E-state index < -0.39 is 0 Å². The summed E-state index contributed by atoms with van der Waals surface area (Å²) in [7, 11) is 0. The van der Waals surface area contributed by atoms with Crippen LogP contribution in [0.15, 0.2) is 17.1 Å². The number of ether oxygens (including phenoxy) is 1. The second kappa shape index (κ2) is 5.56. The monoisotopic (exact) mass is 279 g/mol. The Labute approximate surface area is 120 Å². The number of hydrogen-bond donors (Lipinski definition) is 1. The predicted octanol–water partition coefficient (Wildman–Crippen LogP) is 2.58. The first-order valence-electron chi connectivity index (χ1n) is 7.26. The Morgan fingerprint density at radius 1 is 1.45 bits per heavy atom. The fourth-order valence-corrected chi connectivity index (χ4v) is 2.70. The minimum atomic E-state index is -0.334. The smallest absolute Gasteiger partial charge is 0.351 e. The van der Waals surface area contributed by atoms with E-state index in [1.165, 1.54) is 0 Å². The average molecular weight is 279 g/mol. The Morgan fingerprint density at radius 2 is 2.15 bits per heavy atom. The summed E-state index contributed by atoms with van der Waals surface area (Å²) in [5, 5.41) is 0.